The molecule has 2 N–H and O–H groups in total. The van der Waals surface area contributed by atoms with Gasteiger partial charge in [-0.3, -0.25) is 4.79 Å². The maximum absolute atomic E-state index is 11.7. The first-order chi connectivity index (χ1) is 8.90. The first-order valence-electron chi connectivity index (χ1n) is 6.25. The largest absolute Gasteiger partial charge is 0.323 e. The lowest BCUT2D eigenvalue weighted by Gasteiger charge is -2.08. The predicted molar refractivity (Wildman–Crippen MR) is 77.2 cm³/mol. The molecule has 0 atom stereocenters. The standard InChI is InChI=1S/C15H20N2O2/c1-10(2)11(3)9-16-15(19)17-14-7-5-6-13(8-14)12(4)18/h5-10H,1-4H3,(H2,16,17,19)/b11-9+. The number of benzene rings is 1. The van der Waals surface area contributed by atoms with Gasteiger partial charge in [-0.15, -0.1) is 0 Å². The lowest BCUT2D eigenvalue weighted by Crippen LogP contribution is -2.24. The lowest BCUT2D eigenvalue weighted by atomic mass is 10.1. The van der Waals surface area contributed by atoms with Crippen LogP contribution < -0.4 is 10.6 Å². The van der Waals surface area contributed by atoms with E-state index in [-0.39, 0.29) is 11.8 Å². The average molecular weight is 260 g/mol. The van der Waals surface area contributed by atoms with Crippen LogP contribution in [0.5, 0.6) is 0 Å². The van der Waals surface area contributed by atoms with Crippen molar-refractivity contribution in [2.45, 2.75) is 27.7 Å². The third kappa shape index (κ3) is 4.95. The predicted octanol–water partition coefficient (Wildman–Crippen LogP) is 3.57. The normalized spacial score (nSPS) is 11.3. The Morgan fingerprint density at radius 1 is 1.21 bits per heavy atom. The smallest absolute Gasteiger partial charge is 0.314 e. The van der Waals surface area contributed by atoms with Gasteiger partial charge in [-0.05, 0) is 31.9 Å². The molecule has 0 aliphatic rings. The van der Waals surface area contributed by atoms with Gasteiger partial charge in [-0.1, -0.05) is 31.6 Å². The van der Waals surface area contributed by atoms with E-state index in [1.54, 1.807) is 30.5 Å². The highest BCUT2D eigenvalue weighted by Gasteiger charge is 2.04. The van der Waals surface area contributed by atoms with Gasteiger partial charge in [0.15, 0.2) is 5.78 Å². The molecule has 102 valence electrons. The van der Waals surface area contributed by atoms with E-state index in [0.717, 1.165) is 5.57 Å². The van der Waals surface area contributed by atoms with Crippen molar-refractivity contribution in [1.82, 2.24) is 5.32 Å². The number of carbonyl (C=O) groups excluding carboxylic acids is 2. The molecule has 0 heterocycles. The zero-order chi connectivity index (χ0) is 14.4. The zero-order valence-electron chi connectivity index (χ0n) is 11.8. The Balaban J connectivity index is 2.65. The molecule has 0 radical (unpaired) electrons. The number of ketones is 1. The van der Waals surface area contributed by atoms with E-state index in [1.165, 1.54) is 6.92 Å². The van der Waals surface area contributed by atoms with Crippen molar-refractivity contribution in [3.8, 4) is 0 Å². The number of Topliss-reactive ketones (excluding diaryl/α,β-unsaturated/α-hetero) is 1. The van der Waals surface area contributed by atoms with Crippen molar-refractivity contribution < 1.29 is 9.59 Å². The molecular formula is C15H20N2O2. The third-order valence-corrected chi connectivity index (χ3v) is 2.87. The lowest BCUT2D eigenvalue weighted by molar-refractivity contribution is 0.101. The second-order valence-corrected chi connectivity index (χ2v) is 4.78. The van der Waals surface area contributed by atoms with Crippen LogP contribution in [0.3, 0.4) is 0 Å². The highest BCUT2D eigenvalue weighted by Crippen LogP contribution is 2.11. The van der Waals surface area contributed by atoms with Crippen LogP contribution in [-0.2, 0) is 0 Å². The highest BCUT2D eigenvalue weighted by molar-refractivity contribution is 5.96. The van der Waals surface area contributed by atoms with Crippen LogP contribution in [0.2, 0.25) is 0 Å². The molecule has 1 aromatic rings. The molecule has 0 saturated carbocycles. The highest BCUT2D eigenvalue weighted by atomic mass is 16.2. The van der Waals surface area contributed by atoms with Crippen LogP contribution in [0, 0.1) is 5.92 Å². The Bertz CT molecular complexity index is 505. The van der Waals surface area contributed by atoms with E-state index >= 15 is 0 Å². The second kappa shape index (κ2) is 6.73. The van der Waals surface area contributed by atoms with Crippen molar-refractivity contribution in [1.29, 1.82) is 0 Å². The van der Waals surface area contributed by atoms with Crippen molar-refractivity contribution >= 4 is 17.5 Å². The van der Waals surface area contributed by atoms with Crippen LogP contribution in [0.25, 0.3) is 0 Å². The summed E-state index contributed by atoms with van der Waals surface area (Å²) >= 11 is 0. The van der Waals surface area contributed by atoms with Crippen LogP contribution >= 0.6 is 0 Å². The molecule has 1 aromatic carbocycles. The van der Waals surface area contributed by atoms with Gasteiger partial charge in [0, 0.05) is 17.5 Å². The average Bonchev–Trinajstić information content (AvgIpc) is 2.36. The Morgan fingerprint density at radius 3 is 2.47 bits per heavy atom. The number of hydrogen-bond acceptors (Lipinski definition) is 2. The quantitative estimate of drug-likeness (QED) is 0.813. The van der Waals surface area contributed by atoms with Gasteiger partial charge in [-0.2, -0.15) is 0 Å². The molecule has 2 amide bonds. The minimum Gasteiger partial charge on any atom is -0.314 e. The van der Waals surface area contributed by atoms with Gasteiger partial charge < -0.3 is 10.6 Å². The molecule has 0 unspecified atom stereocenters. The van der Waals surface area contributed by atoms with Crippen molar-refractivity contribution in [2.75, 3.05) is 5.32 Å². The molecule has 0 spiro atoms. The summed E-state index contributed by atoms with van der Waals surface area (Å²) in [5.41, 5.74) is 2.26. The van der Waals surface area contributed by atoms with Gasteiger partial charge in [0.05, 0.1) is 0 Å². The van der Waals surface area contributed by atoms with Gasteiger partial charge in [0.1, 0.15) is 0 Å². The number of hydrogen-bond donors (Lipinski definition) is 2. The summed E-state index contributed by atoms with van der Waals surface area (Å²) in [6.07, 6.45) is 1.69. The molecule has 0 bridgehead atoms. The van der Waals surface area contributed by atoms with Crippen LogP contribution in [0.1, 0.15) is 38.1 Å². The molecule has 4 nitrogen and oxygen atoms in total. The van der Waals surface area contributed by atoms with E-state index < -0.39 is 0 Å². The molecule has 0 fully saturated rings. The van der Waals surface area contributed by atoms with E-state index in [1.807, 2.05) is 6.92 Å². The van der Waals surface area contributed by atoms with E-state index in [4.69, 9.17) is 0 Å². The summed E-state index contributed by atoms with van der Waals surface area (Å²) in [6.45, 7) is 7.57. The fourth-order valence-corrected chi connectivity index (χ4v) is 1.33. The monoisotopic (exact) mass is 260 g/mol. The van der Waals surface area contributed by atoms with E-state index in [9.17, 15) is 9.59 Å². The summed E-state index contributed by atoms with van der Waals surface area (Å²) in [5.74, 6) is 0.362. The molecule has 4 heteroatoms. The van der Waals surface area contributed by atoms with Gasteiger partial charge in [0.2, 0.25) is 0 Å². The SMILES string of the molecule is CC(=O)c1cccc(NC(=O)N/C=C(\C)C(C)C)c1. The molecule has 0 saturated heterocycles. The van der Waals surface area contributed by atoms with Crippen LogP contribution in [-0.4, -0.2) is 11.8 Å². The Labute approximate surface area is 113 Å². The van der Waals surface area contributed by atoms with E-state index in [2.05, 4.69) is 24.5 Å². The number of carbonyl (C=O) groups is 2. The van der Waals surface area contributed by atoms with Crippen molar-refractivity contribution in [3.63, 3.8) is 0 Å². The summed E-state index contributed by atoms with van der Waals surface area (Å²) in [5, 5.41) is 5.35. The summed E-state index contributed by atoms with van der Waals surface area (Å²) in [4.78, 5) is 22.9. The second-order valence-electron chi connectivity index (χ2n) is 4.78. The fraction of sp³-hybridized carbons (Fsp3) is 0.333. The summed E-state index contributed by atoms with van der Waals surface area (Å²) in [7, 11) is 0. The number of amides is 2. The molecular weight excluding hydrogens is 240 g/mol. The maximum atomic E-state index is 11.7. The Hall–Kier alpha value is -2.10. The van der Waals surface area contributed by atoms with Crippen molar-refractivity contribution in [2.24, 2.45) is 5.92 Å². The molecule has 0 aliphatic heterocycles. The van der Waals surface area contributed by atoms with Crippen LogP contribution in [0.15, 0.2) is 36.0 Å². The fourth-order valence-electron chi connectivity index (χ4n) is 1.33. The molecule has 1 rings (SSSR count). The molecule has 0 aliphatic carbocycles. The van der Waals surface area contributed by atoms with Crippen LogP contribution in [0.4, 0.5) is 10.5 Å². The zero-order valence-corrected chi connectivity index (χ0v) is 11.8. The summed E-state index contributed by atoms with van der Waals surface area (Å²) in [6, 6.07) is 6.53. The molecule has 19 heavy (non-hydrogen) atoms. The van der Waals surface area contributed by atoms with Gasteiger partial charge in [-0.25, -0.2) is 4.79 Å². The minimum atomic E-state index is -0.319. The number of nitrogens with one attached hydrogen (secondary N) is 2. The van der Waals surface area contributed by atoms with Gasteiger partial charge in [0.25, 0.3) is 0 Å². The first-order valence-corrected chi connectivity index (χ1v) is 6.25. The topological polar surface area (TPSA) is 58.2 Å². The van der Waals surface area contributed by atoms with Crippen molar-refractivity contribution in [3.05, 3.63) is 41.6 Å². The Morgan fingerprint density at radius 2 is 1.89 bits per heavy atom. The minimum absolute atomic E-state index is 0.0281. The number of rotatable bonds is 4. The number of anilines is 1. The maximum Gasteiger partial charge on any atom is 0.323 e. The third-order valence-electron chi connectivity index (χ3n) is 2.87. The van der Waals surface area contributed by atoms with Gasteiger partial charge >= 0.3 is 6.03 Å². The number of urea groups is 1. The first kappa shape index (κ1) is 15.0. The van der Waals surface area contributed by atoms with E-state index in [0.29, 0.717) is 17.2 Å². The summed E-state index contributed by atoms with van der Waals surface area (Å²) < 4.78 is 0. The Kier molecular flexibility index (Phi) is 5.30. The molecule has 0 aromatic heterocycles. The number of allylic oxidation sites excluding steroid dienone is 1.